The van der Waals surface area contributed by atoms with E-state index in [1.54, 1.807) is 18.1 Å². The third-order valence-corrected chi connectivity index (χ3v) is 5.82. The summed E-state index contributed by atoms with van der Waals surface area (Å²) in [6, 6.07) is 5.47. The molecule has 3 N–H and O–H groups in total. The van der Waals surface area contributed by atoms with E-state index in [-0.39, 0.29) is 30.0 Å². The number of H-pyrrole nitrogens is 1. The second-order valence-corrected chi connectivity index (χ2v) is 8.09. The number of benzene rings is 1. The highest BCUT2D eigenvalue weighted by Gasteiger charge is 2.26. The van der Waals surface area contributed by atoms with Crippen LogP contribution in [0, 0.1) is 20.8 Å². The molecular formula is C24H30N4O4. The van der Waals surface area contributed by atoms with Gasteiger partial charge in [-0.1, -0.05) is 6.58 Å². The van der Waals surface area contributed by atoms with E-state index in [2.05, 4.69) is 22.2 Å². The maximum atomic E-state index is 13.0. The normalized spacial score (nSPS) is 15.4. The topological polar surface area (TPSA) is 104 Å². The quantitative estimate of drug-likeness (QED) is 0.576. The lowest BCUT2D eigenvalue weighted by atomic mass is 10.0. The fourth-order valence-electron chi connectivity index (χ4n) is 3.98. The van der Waals surface area contributed by atoms with Crippen molar-refractivity contribution in [3.05, 3.63) is 69.2 Å². The van der Waals surface area contributed by atoms with Crippen molar-refractivity contribution in [2.24, 2.45) is 0 Å². The summed E-state index contributed by atoms with van der Waals surface area (Å²) in [7, 11) is 1.55. The van der Waals surface area contributed by atoms with E-state index in [9.17, 15) is 14.4 Å². The largest absolute Gasteiger partial charge is 0.497 e. The summed E-state index contributed by atoms with van der Waals surface area (Å²) in [5.74, 6) is 0.168. The first kappa shape index (κ1) is 23.1. The average molecular weight is 439 g/mol. The van der Waals surface area contributed by atoms with Gasteiger partial charge in [0.1, 0.15) is 5.75 Å². The van der Waals surface area contributed by atoms with Gasteiger partial charge in [-0.2, -0.15) is 0 Å². The molecule has 1 unspecified atom stereocenters. The summed E-state index contributed by atoms with van der Waals surface area (Å²) < 4.78 is 5.40. The second kappa shape index (κ2) is 9.72. The zero-order chi connectivity index (χ0) is 23.4. The van der Waals surface area contributed by atoms with Crippen LogP contribution >= 0.6 is 0 Å². The van der Waals surface area contributed by atoms with Crippen molar-refractivity contribution in [3.8, 4) is 5.75 Å². The standard InChI is InChI=1S/C24H30N4O4/c1-6-22(29)28-8-7-17(13-28)27-21-11-18(32-5)10-19(16(21)4)23(30)25-12-20-14(2)9-15(3)26-24(20)31/h6,9-11,17,27H,1,7-8,12-13H2,2-5H3,(H,25,30)(H,26,31). The van der Waals surface area contributed by atoms with Crippen LogP contribution in [0.15, 0.2) is 35.6 Å². The first-order chi connectivity index (χ1) is 15.2. The minimum absolute atomic E-state index is 0.0642. The summed E-state index contributed by atoms with van der Waals surface area (Å²) >= 11 is 0. The molecule has 1 aromatic heterocycles. The zero-order valence-corrected chi connectivity index (χ0v) is 19.0. The first-order valence-electron chi connectivity index (χ1n) is 10.6. The Morgan fingerprint density at radius 1 is 1.28 bits per heavy atom. The predicted octanol–water partition coefficient (Wildman–Crippen LogP) is 2.44. The fourth-order valence-corrected chi connectivity index (χ4v) is 3.98. The van der Waals surface area contributed by atoms with E-state index in [0.29, 0.717) is 30.0 Å². The first-order valence-corrected chi connectivity index (χ1v) is 10.6. The number of carbonyl (C=O) groups excluding carboxylic acids is 2. The number of anilines is 1. The molecule has 0 saturated carbocycles. The molecule has 1 saturated heterocycles. The van der Waals surface area contributed by atoms with Gasteiger partial charge in [0.15, 0.2) is 0 Å². The molecule has 2 heterocycles. The van der Waals surface area contributed by atoms with Crippen molar-refractivity contribution >= 4 is 17.5 Å². The molecule has 1 fully saturated rings. The number of methoxy groups -OCH3 is 1. The van der Waals surface area contributed by atoms with E-state index >= 15 is 0 Å². The molecule has 3 rings (SSSR count). The van der Waals surface area contributed by atoms with Crippen LogP contribution in [0.1, 0.15) is 39.2 Å². The molecule has 1 atom stereocenters. The number of amides is 2. The molecule has 8 heteroatoms. The number of hydrogen-bond donors (Lipinski definition) is 3. The zero-order valence-electron chi connectivity index (χ0n) is 19.0. The number of carbonyl (C=O) groups is 2. The number of pyridine rings is 1. The van der Waals surface area contributed by atoms with Crippen molar-refractivity contribution in [2.75, 3.05) is 25.5 Å². The number of aryl methyl sites for hydroxylation is 2. The molecule has 0 bridgehead atoms. The Bertz CT molecular complexity index is 1110. The van der Waals surface area contributed by atoms with E-state index in [1.807, 2.05) is 32.9 Å². The Morgan fingerprint density at radius 3 is 2.69 bits per heavy atom. The van der Waals surface area contributed by atoms with Gasteiger partial charge in [0, 0.05) is 54.3 Å². The molecule has 2 aromatic rings. The summed E-state index contributed by atoms with van der Waals surface area (Å²) in [5, 5.41) is 6.30. The molecule has 1 aromatic carbocycles. The Labute approximate surface area is 187 Å². The smallest absolute Gasteiger partial charge is 0.253 e. The van der Waals surface area contributed by atoms with E-state index in [4.69, 9.17) is 4.74 Å². The monoisotopic (exact) mass is 438 g/mol. The van der Waals surface area contributed by atoms with Crippen molar-refractivity contribution in [2.45, 2.75) is 39.8 Å². The minimum atomic E-state index is -0.293. The van der Waals surface area contributed by atoms with Crippen LogP contribution in [0.2, 0.25) is 0 Å². The van der Waals surface area contributed by atoms with Crippen molar-refractivity contribution in [1.82, 2.24) is 15.2 Å². The van der Waals surface area contributed by atoms with Crippen LogP contribution in [-0.4, -0.2) is 47.9 Å². The number of aromatic amines is 1. The predicted molar refractivity (Wildman–Crippen MR) is 124 cm³/mol. The fraction of sp³-hybridized carbons (Fsp3) is 0.375. The number of aromatic nitrogens is 1. The summed E-state index contributed by atoms with van der Waals surface area (Å²) in [4.78, 5) is 41.6. The Kier molecular flexibility index (Phi) is 7.02. The van der Waals surface area contributed by atoms with Gasteiger partial charge >= 0.3 is 0 Å². The van der Waals surface area contributed by atoms with Gasteiger partial charge in [-0.15, -0.1) is 0 Å². The van der Waals surface area contributed by atoms with Crippen LogP contribution < -0.4 is 20.9 Å². The minimum Gasteiger partial charge on any atom is -0.497 e. The Morgan fingerprint density at radius 2 is 2.03 bits per heavy atom. The highest BCUT2D eigenvalue weighted by Crippen LogP contribution is 2.28. The molecule has 1 aliphatic rings. The SMILES string of the molecule is C=CC(=O)N1CCC(Nc2cc(OC)cc(C(=O)NCc3c(C)cc(C)[nH]c3=O)c2C)C1. The van der Waals surface area contributed by atoms with Crippen LogP contribution in [0.3, 0.4) is 0 Å². The molecule has 0 radical (unpaired) electrons. The lowest BCUT2D eigenvalue weighted by molar-refractivity contribution is -0.125. The number of ether oxygens (including phenoxy) is 1. The molecular weight excluding hydrogens is 408 g/mol. The van der Waals surface area contributed by atoms with Gasteiger partial charge in [-0.25, -0.2) is 0 Å². The van der Waals surface area contributed by atoms with Gasteiger partial charge in [-0.05, 0) is 56.5 Å². The third kappa shape index (κ3) is 5.01. The molecule has 1 aliphatic heterocycles. The molecule has 2 amide bonds. The number of rotatable bonds is 7. The summed E-state index contributed by atoms with van der Waals surface area (Å²) in [6.07, 6.45) is 2.12. The van der Waals surface area contributed by atoms with Crippen LogP contribution in [0.25, 0.3) is 0 Å². The highest BCUT2D eigenvalue weighted by atomic mass is 16.5. The molecule has 32 heavy (non-hydrogen) atoms. The van der Waals surface area contributed by atoms with Crippen LogP contribution in [-0.2, 0) is 11.3 Å². The third-order valence-electron chi connectivity index (χ3n) is 5.82. The van der Waals surface area contributed by atoms with Gasteiger partial charge in [0.2, 0.25) is 5.91 Å². The number of hydrogen-bond acceptors (Lipinski definition) is 5. The maximum absolute atomic E-state index is 13.0. The number of nitrogens with zero attached hydrogens (tertiary/aromatic N) is 1. The van der Waals surface area contributed by atoms with Crippen molar-refractivity contribution < 1.29 is 14.3 Å². The summed E-state index contributed by atoms with van der Waals surface area (Å²) in [5.41, 5.74) is 3.94. The lowest BCUT2D eigenvalue weighted by Crippen LogP contribution is -2.31. The van der Waals surface area contributed by atoms with Gasteiger partial charge < -0.3 is 25.3 Å². The van der Waals surface area contributed by atoms with Gasteiger partial charge in [0.05, 0.1) is 7.11 Å². The second-order valence-electron chi connectivity index (χ2n) is 8.09. The van der Waals surface area contributed by atoms with Gasteiger partial charge in [-0.3, -0.25) is 14.4 Å². The highest BCUT2D eigenvalue weighted by molar-refractivity contribution is 5.97. The van der Waals surface area contributed by atoms with Crippen molar-refractivity contribution in [1.29, 1.82) is 0 Å². The van der Waals surface area contributed by atoms with Crippen molar-refractivity contribution in [3.63, 3.8) is 0 Å². The number of nitrogens with one attached hydrogen (secondary N) is 3. The molecule has 0 spiro atoms. The van der Waals surface area contributed by atoms with Crippen LogP contribution in [0.4, 0.5) is 5.69 Å². The Hall–Kier alpha value is -3.55. The van der Waals surface area contributed by atoms with Crippen LogP contribution in [0.5, 0.6) is 5.75 Å². The lowest BCUT2D eigenvalue weighted by Gasteiger charge is -2.20. The molecule has 8 nitrogen and oxygen atoms in total. The summed E-state index contributed by atoms with van der Waals surface area (Å²) in [6.45, 7) is 10.4. The van der Waals surface area contributed by atoms with E-state index in [1.165, 1.54) is 6.08 Å². The number of likely N-dealkylation sites (tertiary alicyclic amines) is 1. The van der Waals surface area contributed by atoms with E-state index < -0.39 is 0 Å². The Balaban J connectivity index is 1.78. The van der Waals surface area contributed by atoms with Gasteiger partial charge in [0.25, 0.3) is 11.5 Å². The molecule has 170 valence electrons. The molecule has 0 aliphatic carbocycles. The van der Waals surface area contributed by atoms with E-state index in [0.717, 1.165) is 28.9 Å². The maximum Gasteiger partial charge on any atom is 0.253 e. The average Bonchev–Trinajstić information content (AvgIpc) is 3.22.